The lowest BCUT2D eigenvalue weighted by atomic mass is 9.62. The SMILES string of the molecule is Cc1ccc(C(=O)N2CC3(C=C(N)C(=O)C(C)(C)C3)C2)nn1. The van der Waals surface area contributed by atoms with E-state index in [0.717, 1.165) is 5.69 Å². The highest BCUT2D eigenvalue weighted by Gasteiger charge is 2.51. The topological polar surface area (TPSA) is 89.2 Å². The number of aromatic nitrogens is 2. The molecule has 116 valence electrons. The van der Waals surface area contributed by atoms with Gasteiger partial charge >= 0.3 is 0 Å². The minimum absolute atomic E-state index is 0.00713. The number of aryl methyl sites for hydroxylation is 1. The van der Waals surface area contributed by atoms with Crippen molar-refractivity contribution in [3.63, 3.8) is 0 Å². The molecule has 2 heterocycles. The molecule has 2 N–H and O–H groups in total. The first-order valence-electron chi connectivity index (χ1n) is 7.35. The maximum Gasteiger partial charge on any atom is 0.274 e. The Bertz CT molecular complexity index is 670. The summed E-state index contributed by atoms with van der Waals surface area (Å²) in [5, 5.41) is 7.85. The van der Waals surface area contributed by atoms with Crippen LogP contribution in [0, 0.1) is 17.8 Å². The molecule has 3 rings (SSSR count). The Hall–Kier alpha value is -2.24. The van der Waals surface area contributed by atoms with Crippen molar-refractivity contribution < 1.29 is 9.59 Å². The van der Waals surface area contributed by atoms with Crippen LogP contribution in [-0.4, -0.2) is 39.9 Å². The third-order valence-electron chi connectivity index (χ3n) is 4.45. The fourth-order valence-electron chi connectivity index (χ4n) is 3.53. The van der Waals surface area contributed by atoms with Gasteiger partial charge in [0.2, 0.25) is 0 Å². The lowest BCUT2D eigenvalue weighted by Crippen LogP contribution is -2.61. The van der Waals surface area contributed by atoms with Gasteiger partial charge in [0.1, 0.15) is 0 Å². The fraction of sp³-hybridized carbons (Fsp3) is 0.500. The van der Waals surface area contributed by atoms with E-state index < -0.39 is 5.41 Å². The summed E-state index contributed by atoms with van der Waals surface area (Å²) in [6.07, 6.45) is 2.55. The van der Waals surface area contributed by atoms with Crippen LogP contribution in [0.4, 0.5) is 0 Å². The van der Waals surface area contributed by atoms with E-state index in [-0.39, 0.29) is 17.1 Å². The number of hydrogen-bond donors (Lipinski definition) is 1. The van der Waals surface area contributed by atoms with Gasteiger partial charge in [0, 0.05) is 23.9 Å². The molecule has 1 aromatic rings. The number of Topliss-reactive ketones (excluding diaryl/α,β-unsaturated/α-hetero) is 1. The average molecular weight is 300 g/mol. The van der Waals surface area contributed by atoms with Gasteiger partial charge in [-0.15, -0.1) is 5.10 Å². The number of carbonyl (C=O) groups excluding carboxylic acids is 2. The standard InChI is InChI=1S/C16H20N4O2/c1-10-4-5-12(19-18-10)14(22)20-8-16(9-20)6-11(17)13(21)15(2,3)7-16/h4-6H,7-9,17H2,1-3H3. The molecule has 0 atom stereocenters. The molecule has 0 aromatic carbocycles. The van der Waals surface area contributed by atoms with Crippen molar-refractivity contribution in [1.82, 2.24) is 15.1 Å². The Labute approximate surface area is 129 Å². The number of nitrogens with zero attached hydrogens (tertiary/aromatic N) is 3. The molecule has 0 bridgehead atoms. The van der Waals surface area contributed by atoms with Gasteiger partial charge in [0.15, 0.2) is 11.5 Å². The third-order valence-corrected chi connectivity index (χ3v) is 4.45. The summed E-state index contributed by atoms with van der Waals surface area (Å²) in [5.41, 5.74) is 6.66. The second-order valence-electron chi connectivity index (χ2n) is 7.07. The van der Waals surface area contributed by atoms with Crippen molar-refractivity contribution in [2.24, 2.45) is 16.6 Å². The largest absolute Gasteiger partial charge is 0.396 e. The molecule has 0 radical (unpaired) electrons. The highest BCUT2D eigenvalue weighted by Crippen LogP contribution is 2.47. The second kappa shape index (κ2) is 4.63. The van der Waals surface area contributed by atoms with Gasteiger partial charge in [-0.1, -0.05) is 13.8 Å². The van der Waals surface area contributed by atoms with E-state index in [1.807, 2.05) is 26.8 Å². The minimum atomic E-state index is -0.475. The first-order valence-corrected chi connectivity index (χ1v) is 7.35. The zero-order valence-corrected chi connectivity index (χ0v) is 13.1. The second-order valence-corrected chi connectivity index (χ2v) is 7.07. The molecule has 1 aliphatic carbocycles. The van der Waals surface area contributed by atoms with Gasteiger partial charge in [-0.25, -0.2) is 0 Å². The summed E-state index contributed by atoms with van der Waals surface area (Å²) >= 11 is 0. The normalized spacial score (nSPS) is 22.2. The molecular weight excluding hydrogens is 280 g/mol. The average Bonchev–Trinajstić information content (AvgIpc) is 2.41. The Morgan fingerprint density at radius 2 is 1.95 bits per heavy atom. The summed E-state index contributed by atoms with van der Waals surface area (Å²) < 4.78 is 0. The van der Waals surface area contributed by atoms with Crippen LogP contribution in [0.5, 0.6) is 0 Å². The lowest BCUT2D eigenvalue weighted by Gasteiger charge is -2.53. The van der Waals surface area contributed by atoms with Gasteiger partial charge in [0.05, 0.1) is 11.4 Å². The van der Waals surface area contributed by atoms with Crippen molar-refractivity contribution in [1.29, 1.82) is 0 Å². The summed E-state index contributed by atoms with van der Waals surface area (Å²) in [7, 11) is 0. The van der Waals surface area contributed by atoms with Gasteiger partial charge in [-0.2, -0.15) is 5.10 Å². The summed E-state index contributed by atoms with van der Waals surface area (Å²) in [5.74, 6) is -0.132. The molecule has 1 amide bonds. The summed E-state index contributed by atoms with van der Waals surface area (Å²) in [6.45, 7) is 6.78. The Morgan fingerprint density at radius 3 is 2.50 bits per heavy atom. The van der Waals surface area contributed by atoms with E-state index in [4.69, 9.17) is 5.73 Å². The Morgan fingerprint density at radius 1 is 1.27 bits per heavy atom. The van der Waals surface area contributed by atoms with E-state index in [0.29, 0.717) is 30.9 Å². The predicted octanol–water partition coefficient (Wildman–Crippen LogP) is 1.07. The van der Waals surface area contributed by atoms with Crippen LogP contribution in [0.2, 0.25) is 0 Å². The van der Waals surface area contributed by atoms with E-state index in [1.165, 1.54) is 0 Å². The minimum Gasteiger partial charge on any atom is -0.396 e. The molecule has 6 nitrogen and oxygen atoms in total. The van der Waals surface area contributed by atoms with Gasteiger partial charge in [-0.3, -0.25) is 9.59 Å². The summed E-state index contributed by atoms with van der Waals surface area (Å²) in [6, 6.07) is 3.46. The molecule has 1 aromatic heterocycles. The van der Waals surface area contributed by atoms with Crippen molar-refractivity contribution in [2.75, 3.05) is 13.1 Å². The van der Waals surface area contributed by atoms with Gasteiger partial charge in [-0.05, 0) is 31.6 Å². The molecule has 1 aliphatic heterocycles. The number of rotatable bonds is 1. The van der Waals surface area contributed by atoms with Crippen molar-refractivity contribution in [3.05, 3.63) is 35.3 Å². The summed E-state index contributed by atoms with van der Waals surface area (Å²) in [4.78, 5) is 26.2. The Kier molecular flexibility index (Phi) is 3.09. The number of amides is 1. The van der Waals surface area contributed by atoms with Crippen LogP contribution in [0.1, 0.15) is 36.5 Å². The number of hydrogen-bond acceptors (Lipinski definition) is 5. The first kappa shape index (κ1) is 14.7. The smallest absolute Gasteiger partial charge is 0.274 e. The van der Waals surface area contributed by atoms with E-state index in [9.17, 15) is 9.59 Å². The number of ketones is 1. The van der Waals surface area contributed by atoms with Crippen molar-refractivity contribution >= 4 is 11.7 Å². The fourth-order valence-corrected chi connectivity index (χ4v) is 3.53. The monoisotopic (exact) mass is 300 g/mol. The molecule has 22 heavy (non-hydrogen) atoms. The molecule has 1 saturated heterocycles. The van der Waals surface area contributed by atoms with Crippen LogP contribution in [0.3, 0.4) is 0 Å². The van der Waals surface area contributed by atoms with Crippen LogP contribution in [0.15, 0.2) is 23.9 Å². The van der Waals surface area contributed by atoms with Crippen molar-refractivity contribution in [2.45, 2.75) is 27.2 Å². The Balaban J connectivity index is 1.75. The molecule has 2 aliphatic rings. The van der Waals surface area contributed by atoms with E-state index in [2.05, 4.69) is 10.2 Å². The van der Waals surface area contributed by atoms with Gasteiger partial charge in [0.25, 0.3) is 5.91 Å². The van der Waals surface area contributed by atoms with Crippen LogP contribution in [0.25, 0.3) is 0 Å². The first-order chi connectivity index (χ1) is 10.2. The van der Waals surface area contributed by atoms with Crippen LogP contribution >= 0.6 is 0 Å². The molecule has 6 heteroatoms. The van der Waals surface area contributed by atoms with Crippen molar-refractivity contribution in [3.8, 4) is 0 Å². The predicted molar refractivity (Wildman–Crippen MR) is 80.8 cm³/mol. The molecule has 0 unspecified atom stereocenters. The zero-order valence-electron chi connectivity index (χ0n) is 13.1. The molecule has 1 fully saturated rings. The van der Waals surface area contributed by atoms with Gasteiger partial charge < -0.3 is 10.6 Å². The molecule has 0 saturated carbocycles. The third kappa shape index (κ3) is 2.28. The lowest BCUT2D eigenvalue weighted by molar-refractivity contribution is -0.127. The number of likely N-dealkylation sites (tertiary alicyclic amines) is 1. The number of carbonyl (C=O) groups is 2. The number of nitrogens with two attached hydrogens (primary N) is 1. The molecule has 1 spiro atoms. The van der Waals surface area contributed by atoms with Crippen LogP contribution < -0.4 is 5.73 Å². The highest BCUT2D eigenvalue weighted by atomic mass is 16.2. The molecular formula is C16H20N4O2. The van der Waals surface area contributed by atoms with Crippen LogP contribution in [-0.2, 0) is 4.79 Å². The van der Waals surface area contributed by atoms with E-state index in [1.54, 1.807) is 17.0 Å². The quantitative estimate of drug-likeness (QED) is 0.838. The maximum atomic E-state index is 12.4. The zero-order chi connectivity index (χ0) is 16.1. The van der Waals surface area contributed by atoms with E-state index >= 15 is 0 Å². The maximum absolute atomic E-state index is 12.4. The highest BCUT2D eigenvalue weighted by molar-refractivity contribution is 6.00. The number of allylic oxidation sites excluding steroid dienone is 1.